The van der Waals surface area contributed by atoms with Gasteiger partial charge in [-0.15, -0.1) is 11.3 Å². The molecule has 0 aliphatic carbocycles. The Labute approximate surface area is 102 Å². The fourth-order valence-electron chi connectivity index (χ4n) is 2.49. The molecule has 1 aromatic rings. The zero-order chi connectivity index (χ0) is 11.4. The number of rotatable bonds is 4. The van der Waals surface area contributed by atoms with Crippen LogP contribution in [-0.2, 0) is 6.54 Å². The van der Waals surface area contributed by atoms with Crippen molar-refractivity contribution in [3.05, 3.63) is 21.9 Å². The Morgan fingerprint density at radius 2 is 2.38 bits per heavy atom. The average Bonchev–Trinajstić information content (AvgIpc) is 2.68. The summed E-state index contributed by atoms with van der Waals surface area (Å²) >= 11 is 1.86. The Bertz CT molecular complexity index is 321. The van der Waals surface area contributed by atoms with Crippen LogP contribution in [0.15, 0.2) is 11.4 Å². The smallest absolute Gasteiger partial charge is 0.0445 e. The maximum absolute atomic E-state index is 9.09. The van der Waals surface area contributed by atoms with Gasteiger partial charge in [0.05, 0.1) is 0 Å². The molecule has 0 saturated carbocycles. The van der Waals surface area contributed by atoms with Gasteiger partial charge in [0.1, 0.15) is 0 Å². The summed E-state index contributed by atoms with van der Waals surface area (Å²) in [5, 5.41) is 11.3. The second-order valence-electron chi connectivity index (χ2n) is 4.66. The average molecular weight is 239 g/mol. The molecule has 1 saturated heterocycles. The first-order valence-corrected chi connectivity index (χ1v) is 7.07. The molecule has 2 nitrogen and oxygen atoms in total. The molecular weight excluding hydrogens is 218 g/mol. The molecule has 1 unspecified atom stereocenters. The highest BCUT2D eigenvalue weighted by Gasteiger charge is 2.22. The van der Waals surface area contributed by atoms with Crippen LogP contribution in [0.3, 0.4) is 0 Å². The Hall–Kier alpha value is -0.380. The SMILES string of the molecule is Cc1ccsc1CN1CCCCC1CCO. The highest BCUT2D eigenvalue weighted by Crippen LogP contribution is 2.25. The standard InChI is InChI=1S/C13H21NOS/c1-11-6-9-16-13(11)10-14-7-3-2-4-12(14)5-8-15/h6,9,12,15H,2-5,7-8,10H2,1H3. The van der Waals surface area contributed by atoms with Crippen LogP contribution in [0.1, 0.15) is 36.1 Å². The third-order valence-electron chi connectivity index (χ3n) is 3.53. The van der Waals surface area contributed by atoms with Crippen molar-refractivity contribution < 1.29 is 5.11 Å². The van der Waals surface area contributed by atoms with Gasteiger partial charge in [-0.25, -0.2) is 0 Å². The second-order valence-corrected chi connectivity index (χ2v) is 5.66. The molecule has 1 N–H and O–H groups in total. The number of aliphatic hydroxyl groups is 1. The fraction of sp³-hybridized carbons (Fsp3) is 0.692. The topological polar surface area (TPSA) is 23.5 Å². The molecule has 1 aromatic heterocycles. The predicted octanol–water partition coefficient (Wildman–Crippen LogP) is 2.79. The molecule has 0 bridgehead atoms. The number of aliphatic hydroxyl groups excluding tert-OH is 1. The summed E-state index contributed by atoms with van der Waals surface area (Å²) in [5.41, 5.74) is 1.42. The van der Waals surface area contributed by atoms with Crippen molar-refractivity contribution in [3.63, 3.8) is 0 Å². The molecule has 16 heavy (non-hydrogen) atoms. The van der Waals surface area contributed by atoms with E-state index in [1.54, 1.807) is 0 Å². The number of nitrogens with zero attached hydrogens (tertiary/aromatic N) is 1. The number of hydrogen-bond acceptors (Lipinski definition) is 3. The van der Waals surface area contributed by atoms with Crippen LogP contribution >= 0.6 is 11.3 Å². The molecule has 0 aromatic carbocycles. The molecule has 1 aliphatic heterocycles. The Kier molecular flexibility index (Phi) is 4.38. The summed E-state index contributed by atoms with van der Waals surface area (Å²) in [6.07, 6.45) is 4.83. The van der Waals surface area contributed by atoms with E-state index in [4.69, 9.17) is 5.11 Å². The van der Waals surface area contributed by atoms with Gasteiger partial charge in [0.25, 0.3) is 0 Å². The maximum Gasteiger partial charge on any atom is 0.0445 e. The molecule has 0 radical (unpaired) electrons. The molecule has 1 atom stereocenters. The number of aryl methyl sites for hydroxylation is 1. The van der Waals surface area contributed by atoms with Gasteiger partial charge < -0.3 is 5.11 Å². The van der Waals surface area contributed by atoms with E-state index in [1.807, 2.05) is 11.3 Å². The number of thiophene rings is 1. The van der Waals surface area contributed by atoms with Gasteiger partial charge in [0, 0.05) is 24.1 Å². The van der Waals surface area contributed by atoms with E-state index in [9.17, 15) is 0 Å². The van der Waals surface area contributed by atoms with E-state index in [0.717, 1.165) is 13.0 Å². The summed E-state index contributed by atoms with van der Waals surface area (Å²) in [7, 11) is 0. The minimum Gasteiger partial charge on any atom is -0.396 e. The molecule has 0 spiro atoms. The van der Waals surface area contributed by atoms with Crippen LogP contribution in [0.4, 0.5) is 0 Å². The number of hydrogen-bond donors (Lipinski definition) is 1. The minimum absolute atomic E-state index is 0.324. The van der Waals surface area contributed by atoms with Crippen LogP contribution in [0.25, 0.3) is 0 Å². The molecular formula is C13H21NOS. The van der Waals surface area contributed by atoms with Gasteiger partial charge in [-0.3, -0.25) is 4.90 Å². The lowest BCUT2D eigenvalue weighted by atomic mass is 9.99. The third kappa shape index (κ3) is 2.84. The predicted molar refractivity (Wildman–Crippen MR) is 68.8 cm³/mol. The van der Waals surface area contributed by atoms with Crippen LogP contribution < -0.4 is 0 Å². The zero-order valence-electron chi connectivity index (χ0n) is 9.98. The normalized spacial score (nSPS) is 22.5. The van der Waals surface area contributed by atoms with Crippen molar-refractivity contribution in [3.8, 4) is 0 Å². The summed E-state index contributed by atoms with van der Waals surface area (Å²) in [4.78, 5) is 4.04. The summed E-state index contributed by atoms with van der Waals surface area (Å²) in [5.74, 6) is 0. The van der Waals surface area contributed by atoms with Gasteiger partial charge in [-0.05, 0) is 49.7 Å². The van der Waals surface area contributed by atoms with Crippen molar-refractivity contribution in [1.82, 2.24) is 4.90 Å². The van der Waals surface area contributed by atoms with E-state index in [0.29, 0.717) is 12.6 Å². The quantitative estimate of drug-likeness (QED) is 0.873. The van der Waals surface area contributed by atoms with E-state index < -0.39 is 0 Å². The molecule has 2 rings (SSSR count). The number of likely N-dealkylation sites (tertiary alicyclic amines) is 1. The fourth-order valence-corrected chi connectivity index (χ4v) is 3.43. The third-order valence-corrected chi connectivity index (χ3v) is 4.53. The van der Waals surface area contributed by atoms with Crippen molar-refractivity contribution in [2.75, 3.05) is 13.2 Å². The van der Waals surface area contributed by atoms with Crippen LogP contribution in [0, 0.1) is 6.92 Å². The lowest BCUT2D eigenvalue weighted by Crippen LogP contribution is -2.39. The monoisotopic (exact) mass is 239 g/mol. The summed E-state index contributed by atoms with van der Waals surface area (Å²) < 4.78 is 0. The van der Waals surface area contributed by atoms with Crippen LogP contribution in [0.5, 0.6) is 0 Å². The molecule has 1 fully saturated rings. The number of piperidine rings is 1. The molecule has 1 aliphatic rings. The first-order valence-electron chi connectivity index (χ1n) is 6.19. The summed E-state index contributed by atoms with van der Waals surface area (Å²) in [6, 6.07) is 2.80. The van der Waals surface area contributed by atoms with Crippen molar-refractivity contribution in [2.45, 2.75) is 45.2 Å². The lowest BCUT2D eigenvalue weighted by Gasteiger charge is -2.35. The van der Waals surface area contributed by atoms with E-state index >= 15 is 0 Å². The Morgan fingerprint density at radius 1 is 1.50 bits per heavy atom. The first-order chi connectivity index (χ1) is 7.81. The van der Waals surface area contributed by atoms with E-state index in [1.165, 1.54) is 36.2 Å². The van der Waals surface area contributed by atoms with Gasteiger partial charge >= 0.3 is 0 Å². The highest BCUT2D eigenvalue weighted by atomic mass is 32.1. The minimum atomic E-state index is 0.324. The lowest BCUT2D eigenvalue weighted by molar-refractivity contribution is 0.113. The Morgan fingerprint density at radius 3 is 3.06 bits per heavy atom. The van der Waals surface area contributed by atoms with Gasteiger partial charge in [-0.1, -0.05) is 6.42 Å². The second kappa shape index (κ2) is 5.80. The maximum atomic E-state index is 9.09. The Balaban J connectivity index is 1.98. The highest BCUT2D eigenvalue weighted by molar-refractivity contribution is 7.10. The van der Waals surface area contributed by atoms with Crippen molar-refractivity contribution in [1.29, 1.82) is 0 Å². The van der Waals surface area contributed by atoms with E-state index in [2.05, 4.69) is 23.3 Å². The molecule has 0 amide bonds. The van der Waals surface area contributed by atoms with Gasteiger partial charge in [0.15, 0.2) is 0 Å². The van der Waals surface area contributed by atoms with Crippen LogP contribution in [0.2, 0.25) is 0 Å². The first kappa shape index (κ1) is 12.1. The molecule has 3 heteroatoms. The van der Waals surface area contributed by atoms with Gasteiger partial charge in [0.2, 0.25) is 0 Å². The van der Waals surface area contributed by atoms with Crippen LogP contribution in [-0.4, -0.2) is 29.2 Å². The largest absolute Gasteiger partial charge is 0.396 e. The summed E-state index contributed by atoms with van der Waals surface area (Å²) in [6.45, 7) is 4.79. The van der Waals surface area contributed by atoms with Crippen molar-refractivity contribution in [2.24, 2.45) is 0 Å². The molecule has 2 heterocycles. The van der Waals surface area contributed by atoms with Gasteiger partial charge in [-0.2, -0.15) is 0 Å². The molecule has 90 valence electrons. The van der Waals surface area contributed by atoms with Crippen molar-refractivity contribution >= 4 is 11.3 Å². The van der Waals surface area contributed by atoms with E-state index in [-0.39, 0.29) is 0 Å². The zero-order valence-corrected chi connectivity index (χ0v) is 10.8.